The van der Waals surface area contributed by atoms with Crippen LogP contribution < -0.4 is 0 Å². The van der Waals surface area contributed by atoms with Crippen LogP contribution in [0.25, 0.3) is 0 Å². The van der Waals surface area contributed by atoms with E-state index in [-0.39, 0.29) is 29.9 Å². The molecule has 198 valence electrons. The predicted molar refractivity (Wildman–Crippen MR) is 139 cm³/mol. The molecule has 0 bridgehead atoms. The van der Waals surface area contributed by atoms with Crippen LogP contribution >= 0.6 is 0 Å². The van der Waals surface area contributed by atoms with Gasteiger partial charge in [-0.05, 0) is 58.4 Å². The number of rotatable bonds is 6. The normalized spacial score (nSPS) is 24.8. The summed E-state index contributed by atoms with van der Waals surface area (Å²) in [6.45, 7) is 14.4. The molecule has 0 N–H and O–H groups in total. The number of piperidine rings is 1. The molecule has 1 spiro atoms. The zero-order valence-corrected chi connectivity index (χ0v) is 22.5. The summed E-state index contributed by atoms with van der Waals surface area (Å²) in [6.07, 6.45) is 1.83. The van der Waals surface area contributed by atoms with Crippen molar-refractivity contribution in [3.05, 3.63) is 35.9 Å². The molecular formula is C28H42N4O4. The first-order chi connectivity index (χ1) is 17.1. The number of nitrogens with zero attached hydrogens (tertiary/aromatic N) is 4. The Morgan fingerprint density at radius 3 is 2.31 bits per heavy atom. The van der Waals surface area contributed by atoms with Crippen LogP contribution in [0.3, 0.4) is 0 Å². The van der Waals surface area contributed by atoms with E-state index in [2.05, 4.69) is 29.2 Å². The Bertz CT molecular complexity index is 952. The number of carbonyl (C=O) groups is 3. The minimum absolute atomic E-state index is 0.0185. The molecular weight excluding hydrogens is 456 g/mol. The molecule has 0 saturated carbocycles. The van der Waals surface area contributed by atoms with E-state index < -0.39 is 11.1 Å². The van der Waals surface area contributed by atoms with Gasteiger partial charge in [0.1, 0.15) is 11.1 Å². The van der Waals surface area contributed by atoms with Gasteiger partial charge in [-0.25, -0.2) is 9.59 Å². The largest absolute Gasteiger partial charge is 0.444 e. The number of likely N-dealkylation sites (tertiary alicyclic amines) is 2. The van der Waals surface area contributed by atoms with Crippen LogP contribution in [0.15, 0.2) is 30.3 Å². The van der Waals surface area contributed by atoms with E-state index in [9.17, 15) is 14.4 Å². The number of hydrogen-bond donors (Lipinski definition) is 0. The Morgan fingerprint density at radius 1 is 1.06 bits per heavy atom. The number of carbonyl (C=O) groups excluding carboxylic acids is 3. The van der Waals surface area contributed by atoms with Crippen LogP contribution in [-0.2, 0) is 9.53 Å². The summed E-state index contributed by atoms with van der Waals surface area (Å²) in [7, 11) is 0. The summed E-state index contributed by atoms with van der Waals surface area (Å²) in [5.41, 5.74) is 0.0147. The average molecular weight is 499 g/mol. The highest BCUT2D eigenvalue weighted by Crippen LogP contribution is 2.39. The Kier molecular flexibility index (Phi) is 7.64. The summed E-state index contributed by atoms with van der Waals surface area (Å²) < 4.78 is 5.68. The second-order valence-electron chi connectivity index (χ2n) is 11.5. The maximum atomic E-state index is 13.4. The maximum Gasteiger partial charge on any atom is 0.410 e. The van der Waals surface area contributed by atoms with Crippen LogP contribution in [0, 0.1) is 5.92 Å². The molecule has 2 atom stereocenters. The number of imide groups is 1. The molecule has 3 fully saturated rings. The summed E-state index contributed by atoms with van der Waals surface area (Å²) >= 11 is 0. The van der Waals surface area contributed by atoms with Crippen molar-refractivity contribution in [1.29, 1.82) is 0 Å². The van der Waals surface area contributed by atoms with Crippen molar-refractivity contribution in [3.8, 4) is 0 Å². The fraction of sp³-hybridized carbons (Fsp3) is 0.679. The highest BCUT2D eigenvalue weighted by Gasteiger charge is 2.57. The Hall–Kier alpha value is -2.61. The molecule has 0 unspecified atom stereocenters. The highest BCUT2D eigenvalue weighted by atomic mass is 16.6. The number of hydrogen-bond acceptors (Lipinski definition) is 5. The lowest BCUT2D eigenvalue weighted by Crippen LogP contribution is -2.57. The Balaban J connectivity index is 1.46. The lowest BCUT2D eigenvalue weighted by molar-refractivity contribution is -0.135. The smallest absolute Gasteiger partial charge is 0.410 e. The van der Waals surface area contributed by atoms with Gasteiger partial charge in [-0.2, -0.15) is 0 Å². The molecule has 1 aromatic carbocycles. The van der Waals surface area contributed by atoms with Crippen molar-refractivity contribution in [2.75, 3.05) is 45.8 Å². The molecule has 4 rings (SSSR count). The van der Waals surface area contributed by atoms with Crippen molar-refractivity contribution in [2.24, 2.45) is 5.92 Å². The number of urea groups is 1. The third-order valence-electron chi connectivity index (χ3n) is 7.88. The quantitative estimate of drug-likeness (QED) is 0.551. The standard InChI is InChI=1S/C28H42N4O4/c1-6-15-31-24(33)28(32(7-2)25(31)34)13-16-29(17-14-28)18-22-19-30(26(35)36-27(3,4)5)20-23(22)21-11-9-8-10-12-21/h8-12,22-23H,6-7,13-20H2,1-5H3/t22-,23+/m0/s1. The predicted octanol–water partition coefficient (Wildman–Crippen LogP) is 4.17. The molecule has 4 amide bonds. The molecule has 36 heavy (non-hydrogen) atoms. The van der Waals surface area contributed by atoms with Crippen molar-refractivity contribution >= 4 is 18.0 Å². The Labute approximate surface area is 215 Å². The molecule has 3 aliphatic heterocycles. The molecule has 8 nitrogen and oxygen atoms in total. The first kappa shape index (κ1) is 26.5. The van der Waals surface area contributed by atoms with E-state index in [0.717, 1.165) is 26.1 Å². The molecule has 3 aliphatic rings. The van der Waals surface area contributed by atoms with Gasteiger partial charge in [0.05, 0.1) is 0 Å². The van der Waals surface area contributed by atoms with Crippen LogP contribution in [0.4, 0.5) is 9.59 Å². The van der Waals surface area contributed by atoms with Gasteiger partial charge < -0.3 is 19.4 Å². The molecule has 1 aromatic rings. The van der Waals surface area contributed by atoms with Gasteiger partial charge in [0, 0.05) is 51.7 Å². The molecule has 8 heteroatoms. The van der Waals surface area contributed by atoms with Crippen LogP contribution in [0.1, 0.15) is 65.4 Å². The van der Waals surface area contributed by atoms with Crippen molar-refractivity contribution in [1.82, 2.24) is 19.6 Å². The summed E-state index contributed by atoms with van der Waals surface area (Å²) in [4.78, 5) is 46.7. The average Bonchev–Trinajstić information content (AvgIpc) is 3.34. The van der Waals surface area contributed by atoms with Gasteiger partial charge >= 0.3 is 12.1 Å². The van der Waals surface area contributed by atoms with Crippen molar-refractivity contribution in [3.63, 3.8) is 0 Å². The van der Waals surface area contributed by atoms with E-state index in [0.29, 0.717) is 39.0 Å². The van der Waals surface area contributed by atoms with Gasteiger partial charge in [0.15, 0.2) is 0 Å². The monoisotopic (exact) mass is 498 g/mol. The van der Waals surface area contributed by atoms with E-state index in [4.69, 9.17) is 4.74 Å². The van der Waals surface area contributed by atoms with Crippen molar-refractivity contribution in [2.45, 2.75) is 70.9 Å². The van der Waals surface area contributed by atoms with Crippen molar-refractivity contribution < 1.29 is 19.1 Å². The van der Waals surface area contributed by atoms with Crippen LogP contribution in [0.5, 0.6) is 0 Å². The zero-order valence-electron chi connectivity index (χ0n) is 22.5. The first-order valence-electron chi connectivity index (χ1n) is 13.5. The van der Waals surface area contributed by atoms with Gasteiger partial charge in [-0.3, -0.25) is 9.69 Å². The minimum atomic E-state index is -0.700. The maximum absolute atomic E-state index is 13.4. The number of likely N-dealkylation sites (N-methyl/N-ethyl adjacent to an activating group) is 1. The third-order valence-corrected chi connectivity index (χ3v) is 7.88. The molecule has 3 heterocycles. The molecule has 0 aromatic heterocycles. The molecule has 0 aliphatic carbocycles. The van der Waals surface area contributed by atoms with Gasteiger partial charge in [-0.1, -0.05) is 37.3 Å². The van der Waals surface area contributed by atoms with Crippen LogP contribution in [0.2, 0.25) is 0 Å². The lowest BCUT2D eigenvalue weighted by atomic mass is 9.84. The van der Waals surface area contributed by atoms with E-state index >= 15 is 0 Å². The van der Waals surface area contributed by atoms with Gasteiger partial charge in [-0.15, -0.1) is 0 Å². The third kappa shape index (κ3) is 5.10. The number of amides is 4. The Morgan fingerprint density at radius 2 is 1.72 bits per heavy atom. The van der Waals surface area contributed by atoms with Crippen LogP contribution in [-0.4, -0.2) is 94.6 Å². The second-order valence-corrected chi connectivity index (χ2v) is 11.5. The van der Waals surface area contributed by atoms with E-state index in [1.807, 2.05) is 45.6 Å². The number of benzene rings is 1. The van der Waals surface area contributed by atoms with Gasteiger partial charge in [0.25, 0.3) is 5.91 Å². The fourth-order valence-electron chi connectivity index (χ4n) is 6.17. The summed E-state index contributed by atoms with van der Waals surface area (Å²) in [5.74, 6) is 0.486. The SMILES string of the molecule is CCCN1C(=O)N(CC)C2(CCN(C[C@H]3CN(C(=O)OC(C)(C)C)C[C@@H]3c3ccccc3)CC2)C1=O. The lowest BCUT2D eigenvalue weighted by Gasteiger charge is -2.42. The van der Waals surface area contributed by atoms with E-state index in [1.165, 1.54) is 10.5 Å². The zero-order chi connectivity index (χ0) is 26.1. The minimum Gasteiger partial charge on any atom is -0.444 e. The number of ether oxygens (including phenoxy) is 1. The highest BCUT2D eigenvalue weighted by molar-refractivity contribution is 6.07. The van der Waals surface area contributed by atoms with E-state index in [1.54, 1.807) is 4.90 Å². The summed E-state index contributed by atoms with van der Waals surface area (Å²) in [6, 6.07) is 10.3. The molecule has 0 radical (unpaired) electrons. The molecule has 3 saturated heterocycles. The second kappa shape index (κ2) is 10.4. The summed E-state index contributed by atoms with van der Waals surface area (Å²) in [5, 5.41) is 0. The topological polar surface area (TPSA) is 73.4 Å². The first-order valence-corrected chi connectivity index (χ1v) is 13.5. The fourth-order valence-corrected chi connectivity index (χ4v) is 6.17. The van der Waals surface area contributed by atoms with Gasteiger partial charge in [0.2, 0.25) is 0 Å².